The van der Waals surface area contributed by atoms with Gasteiger partial charge in [-0.3, -0.25) is 4.40 Å². The van der Waals surface area contributed by atoms with E-state index in [4.69, 9.17) is 4.74 Å². The lowest BCUT2D eigenvalue weighted by molar-refractivity contribution is 0.0378. The predicted octanol–water partition coefficient (Wildman–Crippen LogP) is 4.93. The van der Waals surface area contributed by atoms with E-state index in [9.17, 15) is 4.79 Å². The third kappa shape index (κ3) is 3.74. The number of hydrogen-bond donors (Lipinski definition) is 0. The predicted molar refractivity (Wildman–Crippen MR) is 95.8 cm³/mol. The number of pyridine rings is 1. The fourth-order valence-electron chi connectivity index (χ4n) is 2.46. The number of aromatic nitrogens is 2. The summed E-state index contributed by atoms with van der Waals surface area (Å²) in [6.07, 6.45) is 1.81. The van der Waals surface area contributed by atoms with Crippen molar-refractivity contribution < 1.29 is 9.53 Å². The smallest absolute Gasteiger partial charge is 0.338 e. The van der Waals surface area contributed by atoms with Crippen molar-refractivity contribution in [2.75, 3.05) is 0 Å². The largest absolute Gasteiger partial charge is 0.459 e. The fourth-order valence-corrected chi connectivity index (χ4v) is 2.46. The second kappa shape index (κ2) is 6.84. The molecule has 6 nitrogen and oxygen atoms in total. The summed E-state index contributed by atoms with van der Waals surface area (Å²) in [6.45, 7) is 7.54. The molecule has 0 aliphatic carbocycles. The summed E-state index contributed by atoms with van der Waals surface area (Å²) < 4.78 is 7.11. The van der Waals surface area contributed by atoms with Crippen LogP contribution in [-0.2, 0) is 4.74 Å². The molecule has 0 N–H and O–H groups in total. The molecule has 2 heterocycles. The van der Waals surface area contributed by atoms with Gasteiger partial charge in [-0.25, -0.2) is 9.78 Å². The molecule has 0 unspecified atom stereocenters. The fraction of sp³-hybridized carbons (Fsp3) is 0.263. The lowest BCUT2D eigenvalue weighted by Gasteiger charge is -2.07. The molecular formula is C19H20N4O2. The Hall–Kier alpha value is -3.02. The summed E-state index contributed by atoms with van der Waals surface area (Å²) in [5.41, 5.74) is 3.77. The van der Waals surface area contributed by atoms with E-state index < -0.39 is 0 Å². The van der Waals surface area contributed by atoms with Gasteiger partial charge in [0.15, 0.2) is 5.82 Å². The van der Waals surface area contributed by atoms with Gasteiger partial charge in [0, 0.05) is 6.20 Å². The molecule has 128 valence electrons. The molecule has 0 aliphatic rings. The third-order valence-electron chi connectivity index (χ3n) is 3.59. The lowest BCUT2D eigenvalue weighted by atomic mass is 10.2. The molecule has 0 atom stereocenters. The first-order valence-electron chi connectivity index (χ1n) is 8.12. The molecule has 0 bridgehead atoms. The SMILES string of the molecule is Cc1ccc2nc(C)c(N=Nc3cccc(C(=O)OC(C)C)c3)n2c1. The number of aryl methyl sites for hydroxylation is 2. The summed E-state index contributed by atoms with van der Waals surface area (Å²) in [6, 6.07) is 10.9. The van der Waals surface area contributed by atoms with Gasteiger partial charge >= 0.3 is 5.97 Å². The van der Waals surface area contributed by atoms with Crippen molar-refractivity contribution in [2.45, 2.75) is 33.8 Å². The molecule has 0 amide bonds. The first-order valence-corrected chi connectivity index (χ1v) is 8.12. The number of hydrogen-bond acceptors (Lipinski definition) is 5. The number of carbonyl (C=O) groups excluding carboxylic acids is 1. The highest BCUT2D eigenvalue weighted by Gasteiger charge is 2.10. The molecule has 0 spiro atoms. The summed E-state index contributed by atoms with van der Waals surface area (Å²) in [5, 5.41) is 8.61. The van der Waals surface area contributed by atoms with E-state index >= 15 is 0 Å². The standard InChI is InChI=1S/C19H20N4O2/c1-12(2)25-19(24)15-6-5-7-16(10-15)21-22-18-14(4)20-17-9-8-13(3)11-23(17)18/h5-12H,1-4H3. The zero-order chi connectivity index (χ0) is 18.0. The molecule has 6 heteroatoms. The molecule has 0 fully saturated rings. The molecule has 0 aliphatic heterocycles. The Morgan fingerprint density at radius 2 is 1.96 bits per heavy atom. The lowest BCUT2D eigenvalue weighted by Crippen LogP contribution is -2.11. The Bertz CT molecular complexity index is 957. The van der Waals surface area contributed by atoms with Gasteiger partial charge in [-0.15, -0.1) is 10.2 Å². The molecule has 0 radical (unpaired) electrons. The monoisotopic (exact) mass is 336 g/mol. The number of rotatable bonds is 4. The quantitative estimate of drug-likeness (QED) is 0.501. The van der Waals surface area contributed by atoms with Gasteiger partial charge in [0.2, 0.25) is 0 Å². The van der Waals surface area contributed by atoms with E-state index in [2.05, 4.69) is 15.2 Å². The Labute approximate surface area is 146 Å². The van der Waals surface area contributed by atoms with Crippen LogP contribution in [0.1, 0.15) is 35.5 Å². The normalized spacial score (nSPS) is 11.6. The van der Waals surface area contributed by atoms with E-state index in [1.54, 1.807) is 24.3 Å². The van der Waals surface area contributed by atoms with Crippen LogP contribution in [-0.4, -0.2) is 21.5 Å². The van der Waals surface area contributed by atoms with Gasteiger partial charge in [0.1, 0.15) is 5.65 Å². The average Bonchev–Trinajstić information content (AvgIpc) is 2.87. The zero-order valence-electron chi connectivity index (χ0n) is 14.7. The van der Waals surface area contributed by atoms with Crippen molar-refractivity contribution in [3.05, 3.63) is 59.4 Å². The summed E-state index contributed by atoms with van der Waals surface area (Å²) in [4.78, 5) is 16.5. The van der Waals surface area contributed by atoms with Crippen molar-refractivity contribution in [3.8, 4) is 0 Å². The van der Waals surface area contributed by atoms with Crippen LogP contribution in [0.4, 0.5) is 11.5 Å². The minimum Gasteiger partial charge on any atom is -0.459 e. The number of imidazole rings is 1. The Balaban J connectivity index is 1.91. The van der Waals surface area contributed by atoms with E-state index in [1.807, 2.05) is 50.4 Å². The number of fused-ring (bicyclic) bond motifs is 1. The van der Waals surface area contributed by atoms with Gasteiger partial charge in [0.25, 0.3) is 0 Å². The Kier molecular flexibility index (Phi) is 4.61. The molecule has 1 aromatic carbocycles. The van der Waals surface area contributed by atoms with Crippen molar-refractivity contribution in [2.24, 2.45) is 10.2 Å². The molecule has 3 aromatic rings. The van der Waals surface area contributed by atoms with E-state index in [0.717, 1.165) is 16.9 Å². The van der Waals surface area contributed by atoms with Crippen molar-refractivity contribution in [1.29, 1.82) is 0 Å². The number of ether oxygens (including phenoxy) is 1. The summed E-state index contributed by atoms with van der Waals surface area (Å²) in [5.74, 6) is 0.308. The first-order chi connectivity index (χ1) is 11.9. The van der Waals surface area contributed by atoms with Crippen LogP contribution in [0.25, 0.3) is 5.65 Å². The minimum atomic E-state index is -0.367. The maximum Gasteiger partial charge on any atom is 0.338 e. The third-order valence-corrected chi connectivity index (χ3v) is 3.59. The topological polar surface area (TPSA) is 68.3 Å². The second-order valence-corrected chi connectivity index (χ2v) is 6.16. The minimum absolute atomic E-state index is 0.165. The summed E-state index contributed by atoms with van der Waals surface area (Å²) in [7, 11) is 0. The van der Waals surface area contributed by atoms with E-state index in [1.165, 1.54) is 0 Å². The van der Waals surface area contributed by atoms with Crippen molar-refractivity contribution >= 4 is 23.1 Å². The van der Waals surface area contributed by atoms with Crippen LogP contribution in [0, 0.1) is 13.8 Å². The number of nitrogens with zero attached hydrogens (tertiary/aromatic N) is 4. The van der Waals surface area contributed by atoms with Crippen LogP contribution in [0.15, 0.2) is 52.8 Å². The zero-order valence-corrected chi connectivity index (χ0v) is 14.7. The van der Waals surface area contributed by atoms with Crippen LogP contribution < -0.4 is 0 Å². The van der Waals surface area contributed by atoms with Crippen molar-refractivity contribution in [3.63, 3.8) is 0 Å². The highest BCUT2D eigenvalue weighted by molar-refractivity contribution is 5.90. The maximum atomic E-state index is 12.0. The van der Waals surface area contributed by atoms with Gasteiger partial charge in [-0.2, -0.15) is 0 Å². The molecule has 0 saturated heterocycles. The highest BCUT2D eigenvalue weighted by atomic mass is 16.5. The molecule has 3 rings (SSSR count). The molecule has 2 aromatic heterocycles. The maximum absolute atomic E-state index is 12.0. The average molecular weight is 336 g/mol. The molecular weight excluding hydrogens is 316 g/mol. The Morgan fingerprint density at radius 3 is 2.72 bits per heavy atom. The number of azo groups is 1. The van der Waals surface area contributed by atoms with Gasteiger partial charge in [-0.1, -0.05) is 12.1 Å². The molecule has 25 heavy (non-hydrogen) atoms. The van der Waals surface area contributed by atoms with Gasteiger partial charge < -0.3 is 4.74 Å². The van der Waals surface area contributed by atoms with Gasteiger partial charge in [-0.05, 0) is 57.5 Å². The number of carbonyl (C=O) groups is 1. The van der Waals surface area contributed by atoms with Crippen LogP contribution in [0.5, 0.6) is 0 Å². The van der Waals surface area contributed by atoms with Crippen LogP contribution >= 0.6 is 0 Å². The Morgan fingerprint density at radius 1 is 1.16 bits per heavy atom. The van der Waals surface area contributed by atoms with Gasteiger partial charge in [0.05, 0.1) is 23.0 Å². The second-order valence-electron chi connectivity index (χ2n) is 6.16. The van der Waals surface area contributed by atoms with Crippen LogP contribution in [0.2, 0.25) is 0 Å². The van der Waals surface area contributed by atoms with E-state index in [0.29, 0.717) is 17.1 Å². The number of benzene rings is 1. The van der Waals surface area contributed by atoms with E-state index in [-0.39, 0.29) is 12.1 Å². The molecule has 0 saturated carbocycles. The van der Waals surface area contributed by atoms with Crippen LogP contribution in [0.3, 0.4) is 0 Å². The first kappa shape index (κ1) is 16.8. The van der Waals surface area contributed by atoms with Crippen molar-refractivity contribution in [1.82, 2.24) is 9.38 Å². The highest BCUT2D eigenvalue weighted by Crippen LogP contribution is 2.24. The number of esters is 1. The summed E-state index contributed by atoms with van der Waals surface area (Å²) >= 11 is 0.